The average molecular weight is 431 g/mol. The highest BCUT2D eigenvalue weighted by Gasteiger charge is 2.32. The second-order valence-corrected chi connectivity index (χ2v) is 7.79. The van der Waals surface area contributed by atoms with Crippen LogP contribution in [-0.2, 0) is 17.9 Å². The highest BCUT2D eigenvalue weighted by molar-refractivity contribution is 5.78. The molecule has 9 heteroatoms. The van der Waals surface area contributed by atoms with Gasteiger partial charge in [-0.15, -0.1) is 0 Å². The third-order valence-corrected chi connectivity index (χ3v) is 5.51. The van der Waals surface area contributed by atoms with Crippen molar-refractivity contribution in [1.82, 2.24) is 9.80 Å². The number of nitro benzene ring substituents is 1. The van der Waals surface area contributed by atoms with E-state index in [2.05, 4.69) is 4.90 Å². The van der Waals surface area contributed by atoms with Gasteiger partial charge < -0.3 is 14.7 Å². The van der Waals surface area contributed by atoms with Crippen LogP contribution in [0.15, 0.2) is 42.5 Å². The Bertz CT molecular complexity index is 937. The largest absolute Gasteiger partial charge is 0.484 e. The molecule has 2 unspecified atom stereocenters. The minimum absolute atomic E-state index is 0.0300. The summed E-state index contributed by atoms with van der Waals surface area (Å²) < 4.78 is 18.7. The molecule has 8 nitrogen and oxygen atoms in total. The molecule has 1 heterocycles. The number of carbonyl (C=O) groups is 1. The van der Waals surface area contributed by atoms with Crippen molar-refractivity contribution < 1.29 is 24.0 Å². The number of nitrogens with zero attached hydrogens (tertiary/aromatic N) is 3. The number of piperazine rings is 1. The van der Waals surface area contributed by atoms with Crippen molar-refractivity contribution in [2.45, 2.75) is 39.1 Å². The van der Waals surface area contributed by atoms with Gasteiger partial charge in [0.2, 0.25) is 0 Å². The van der Waals surface area contributed by atoms with Gasteiger partial charge in [-0.25, -0.2) is 4.39 Å². The monoisotopic (exact) mass is 431 g/mol. The van der Waals surface area contributed by atoms with Crippen LogP contribution in [0.25, 0.3) is 0 Å². The maximum atomic E-state index is 13.1. The van der Waals surface area contributed by atoms with E-state index in [0.29, 0.717) is 25.4 Å². The number of hydrogen-bond donors (Lipinski definition) is 1. The Morgan fingerprint density at radius 2 is 1.90 bits per heavy atom. The predicted octanol–water partition coefficient (Wildman–Crippen LogP) is 2.73. The quantitative estimate of drug-likeness (QED) is 0.535. The molecule has 1 aliphatic rings. The van der Waals surface area contributed by atoms with Crippen molar-refractivity contribution in [2.75, 3.05) is 19.7 Å². The summed E-state index contributed by atoms with van der Waals surface area (Å²) in [6.07, 6.45) is 0. The third kappa shape index (κ3) is 5.56. The normalized spacial score (nSPS) is 19.3. The molecule has 31 heavy (non-hydrogen) atoms. The van der Waals surface area contributed by atoms with Crippen LogP contribution < -0.4 is 4.74 Å². The van der Waals surface area contributed by atoms with Gasteiger partial charge in [-0.05, 0) is 43.7 Å². The second kappa shape index (κ2) is 9.84. The highest BCUT2D eigenvalue weighted by atomic mass is 19.1. The first-order valence-electron chi connectivity index (χ1n) is 10.1. The van der Waals surface area contributed by atoms with Crippen molar-refractivity contribution in [1.29, 1.82) is 0 Å². The summed E-state index contributed by atoms with van der Waals surface area (Å²) in [6, 6.07) is 10.6. The minimum atomic E-state index is -0.574. The Balaban J connectivity index is 1.57. The fraction of sp³-hybridized carbons (Fsp3) is 0.409. The zero-order chi connectivity index (χ0) is 22.5. The van der Waals surface area contributed by atoms with Crippen LogP contribution in [0.2, 0.25) is 0 Å². The standard InChI is InChI=1S/C22H26FN3O5/c1-15-11-25(16(2)10-24(15)12-17-3-5-19(23)6-4-17)22(28)14-31-20-7-8-21(26(29)30)18(9-20)13-27/h3-9,15-16,27H,10-14H2,1-2H3. The summed E-state index contributed by atoms with van der Waals surface area (Å²) in [5, 5.41) is 20.3. The zero-order valence-electron chi connectivity index (χ0n) is 17.5. The van der Waals surface area contributed by atoms with Crippen molar-refractivity contribution >= 4 is 11.6 Å². The first kappa shape index (κ1) is 22.6. The van der Waals surface area contributed by atoms with Crippen LogP contribution in [0.3, 0.4) is 0 Å². The molecule has 0 aromatic heterocycles. The van der Waals surface area contributed by atoms with Gasteiger partial charge in [-0.1, -0.05) is 12.1 Å². The van der Waals surface area contributed by atoms with E-state index in [1.165, 1.54) is 30.3 Å². The number of aliphatic hydroxyl groups excluding tert-OH is 1. The van der Waals surface area contributed by atoms with Crippen LogP contribution in [0, 0.1) is 15.9 Å². The number of hydrogen-bond acceptors (Lipinski definition) is 6. The lowest BCUT2D eigenvalue weighted by molar-refractivity contribution is -0.385. The Hall–Kier alpha value is -3.04. The first-order valence-corrected chi connectivity index (χ1v) is 10.1. The van der Waals surface area contributed by atoms with Gasteiger partial charge in [0.25, 0.3) is 11.6 Å². The summed E-state index contributed by atoms with van der Waals surface area (Å²) in [4.78, 5) is 27.2. The number of rotatable bonds is 7. The molecule has 0 aliphatic carbocycles. The lowest BCUT2D eigenvalue weighted by atomic mass is 10.1. The lowest BCUT2D eigenvalue weighted by Crippen LogP contribution is -2.58. The van der Waals surface area contributed by atoms with Gasteiger partial charge in [-0.2, -0.15) is 0 Å². The number of aliphatic hydroxyl groups is 1. The molecule has 2 atom stereocenters. The molecule has 1 saturated heterocycles. The second-order valence-electron chi connectivity index (χ2n) is 7.79. The smallest absolute Gasteiger partial charge is 0.275 e. The Kier molecular flexibility index (Phi) is 7.19. The van der Waals surface area contributed by atoms with Crippen LogP contribution in [0.4, 0.5) is 10.1 Å². The van der Waals surface area contributed by atoms with Gasteiger partial charge in [0.15, 0.2) is 6.61 Å². The van der Waals surface area contributed by atoms with E-state index in [4.69, 9.17) is 4.74 Å². The van der Waals surface area contributed by atoms with E-state index in [9.17, 15) is 24.4 Å². The Morgan fingerprint density at radius 3 is 2.55 bits per heavy atom. The van der Waals surface area contributed by atoms with Crippen molar-refractivity contribution in [3.8, 4) is 5.75 Å². The predicted molar refractivity (Wildman–Crippen MR) is 112 cm³/mol. The van der Waals surface area contributed by atoms with E-state index in [1.54, 1.807) is 17.0 Å². The number of ether oxygens (including phenoxy) is 1. The zero-order valence-corrected chi connectivity index (χ0v) is 17.5. The molecule has 3 rings (SSSR count). The molecule has 0 saturated carbocycles. The lowest BCUT2D eigenvalue weighted by Gasteiger charge is -2.44. The average Bonchev–Trinajstić information content (AvgIpc) is 2.75. The topological polar surface area (TPSA) is 96.2 Å². The first-order chi connectivity index (χ1) is 14.8. The van der Waals surface area contributed by atoms with Crippen LogP contribution in [-0.4, -0.2) is 57.5 Å². The van der Waals surface area contributed by atoms with Crippen LogP contribution >= 0.6 is 0 Å². The molecule has 1 N–H and O–H groups in total. The van der Waals surface area contributed by atoms with Crippen molar-refractivity contribution in [3.05, 3.63) is 69.5 Å². The van der Waals surface area contributed by atoms with E-state index < -0.39 is 11.5 Å². The number of nitro groups is 1. The number of halogens is 1. The number of benzene rings is 2. The van der Waals surface area contributed by atoms with Gasteiger partial charge in [0.05, 0.1) is 17.1 Å². The van der Waals surface area contributed by atoms with Gasteiger partial charge in [0.1, 0.15) is 11.6 Å². The molecule has 2 aromatic carbocycles. The molecule has 0 spiro atoms. The fourth-order valence-electron chi connectivity index (χ4n) is 3.77. The number of carbonyl (C=O) groups excluding carboxylic acids is 1. The van der Waals surface area contributed by atoms with Gasteiger partial charge >= 0.3 is 0 Å². The van der Waals surface area contributed by atoms with Crippen molar-refractivity contribution in [2.24, 2.45) is 0 Å². The third-order valence-electron chi connectivity index (χ3n) is 5.51. The van der Waals surface area contributed by atoms with Gasteiger partial charge in [0, 0.05) is 37.8 Å². The molecular formula is C22H26FN3O5. The number of amides is 1. The van der Waals surface area contributed by atoms with Gasteiger partial charge in [-0.3, -0.25) is 19.8 Å². The van der Waals surface area contributed by atoms with E-state index in [0.717, 1.165) is 5.56 Å². The molecule has 2 aromatic rings. The molecule has 166 valence electrons. The Labute approximate surface area is 180 Å². The summed E-state index contributed by atoms with van der Waals surface area (Å²) in [7, 11) is 0. The van der Waals surface area contributed by atoms with Crippen LogP contribution in [0.1, 0.15) is 25.0 Å². The Morgan fingerprint density at radius 1 is 1.19 bits per heavy atom. The molecular weight excluding hydrogens is 405 g/mol. The van der Waals surface area contributed by atoms with E-state index in [1.807, 2.05) is 13.8 Å². The highest BCUT2D eigenvalue weighted by Crippen LogP contribution is 2.24. The molecule has 0 bridgehead atoms. The van der Waals surface area contributed by atoms with Crippen molar-refractivity contribution in [3.63, 3.8) is 0 Å². The SMILES string of the molecule is CC1CN(C(=O)COc2ccc([N+](=O)[O-])c(CO)c2)C(C)CN1Cc1ccc(F)cc1. The molecule has 1 fully saturated rings. The van der Waals surface area contributed by atoms with E-state index >= 15 is 0 Å². The summed E-state index contributed by atoms with van der Waals surface area (Å²) >= 11 is 0. The van der Waals surface area contributed by atoms with E-state index in [-0.39, 0.29) is 41.7 Å². The maximum Gasteiger partial charge on any atom is 0.275 e. The minimum Gasteiger partial charge on any atom is -0.484 e. The summed E-state index contributed by atoms with van der Waals surface area (Å²) in [5.41, 5.74) is 0.952. The summed E-state index contributed by atoms with van der Waals surface area (Å²) in [6.45, 7) is 5.21. The maximum absolute atomic E-state index is 13.1. The molecule has 1 aliphatic heterocycles. The summed E-state index contributed by atoms with van der Waals surface area (Å²) in [5.74, 6) is -0.150. The molecule has 0 radical (unpaired) electrons. The molecule has 1 amide bonds. The van der Waals surface area contributed by atoms with Crippen LogP contribution in [0.5, 0.6) is 5.75 Å². The fourth-order valence-corrected chi connectivity index (χ4v) is 3.77.